The van der Waals surface area contributed by atoms with Crippen molar-refractivity contribution in [1.29, 1.82) is 0 Å². The maximum Gasteiger partial charge on any atom is 0.416 e. The predicted molar refractivity (Wildman–Crippen MR) is 324 cm³/mol. The molecule has 547 valence electrons. The maximum absolute atomic E-state index is 14.2. The van der Waals surface area contributed by atoms with Crippen molar-refractivity contribution < 1.29 is 130 Å². The summed E-state index contributed by atoms with van der Waals surface area (Å²) in [6.07, 6.45) is -27.0. The molecule has 4 nitrogen and oxygen atoms in total. The summed E-state index contributed by atoms with van der Waals surface area (Å²) in [7, 11) is 0. The minimum Gasteiger partial charge on any atom is -0.478 e. The van der Waals surface area contributed by atoms with E-state index in [9.17, 15) is 105 Å². The van der Waals surface area contributed by atoms with Crippen LogP contribution in [0.1, 0.15) is 166 Å². The minimum atomic E-state index is -6.13. The zero-order valence-electron chi connectivity index (χ0n) is 53.5. The molecule has 12 rings (SSSR count). The Morgan fingerprint density at radius 1 is 0.450 bits per heavy atom. The standard InChI is InChI=1S/C32H12BF24.C30H41N3O.C8H12.Ir/c34-25(35,36)13-1-14(26(37,38)39)6-21(5-13)33(22-7-15(27(40,41)42)2-16(8-22)28(43,44)45,23-9-17(29(46,47)48)3-18(10-23)30(49,50)51)24-11-19(31(52,53)54)4-20(12-24)32(55,56)57;1-20(2)26-6-5-7-27(21(3)4)28(26)33-11-10-32(19-33)9-8-25-18-34-29(31-25)30-15-22-12-23(16-30)14-24(13-22)17-30;1-2-4-6-8-7-5-3-1;/h1-12H;5-7,10-11,20-25H,8-9,12-18H2,1-4H3;1-2,7-8H,3-6H2;/q-1;;;/t;22?,23?,24?,25-,30?;;/m.1../s1. The van der Waals surface area contributed by atoms with Crippen LogP contribution in [0.4, 0.5) is 111 Å². The van der Waals surface area contributed by atoms with Crippen LogP contribution in [0, 0.1) is 55.5 Å². The third-order valence-corrected chi connectivity index (χ3v) is 18.9. The number of rotatable bonds is 11. The molecule has 1 atom stereocenters. The molecule has 30 heteroatoms. The molecule has 2 aliphatic heterocycles. The number of alkyl halides is 24. The van der Waals surface area contributed by atoms with Gasteiger partial charge in [0.2, 0.25) is 6.67 Å². The van der Waals surface area contributed by atoms with Crippen molar-refractivity contribution in [3.05, 3.63) is 191 Å². The first-order chi connectivity index (χ1) is 45.7. The van der Waals surface area contributed by atoms with Crippen molar-refractivity contribution in [2.45, 2.75) is 166 Å². The smallest absolute Gasteiger partial charge is 0.416 e. The Bertz CT molecular complexity index is 3200. The molecule has 5 fully saturated rings. The number of aliphatic imine (C=N–C) groups is 1. The topological polar surface area (TPSA) is 28.1 Å². The Morgan fingerprint density at radius 3 is 1.01 bits per heavy atom. The number of ether oxygens (including phenoxy) is 1. The largest absolute Gasteiger partial charge is 0.478 e. The van der Waals surface area contributed by atoms with Gasteiger partial charge in [0.15, 0.2) is 5.90 Å². The summed E-state index contributed by atoms with van der Waals surface area (Å²) in [4.78, 5) is 9.61. The molecule has 7 aliphatic rings. The molecule has 0 unspecified atom stereocenters. The molecule has 5 aliphatic carbocycles. The van der Waals surface area contributed by atoms with Gasteiger partial charge in [-0.15, -0.1) is 0 Å². The van der Waals surface area contributed by atoms with Crippen LogP contribution in [0.2, 0.25) is 0 Å². The summed E-state index contributed by atoms with van der Waals surface area (Å²) in [5.41, 5.74) is -25.8. The molecule has 5 aromatic rings. The van der Waals surface area contributed by atoms with E-state index in [0.717, 1.165) is 43.2 Å². The van der Waals surface area contributed by atoms with Crippen LogP contribution in [0.15, 0.2) is 108 Å². The van der Waals surface area contributed by atoms with Crippen LogP contribution in [0.25, 0.3) is 0 Å². The predicted octanol–water partition coefficient (Wildman–Crippen LogP) is 20.5. The average Bonchev–Trinajstić information content (AvgIpc) is 0.827. The van der Waals surface area contributed by atoms with Crippen molar-refractivity contribution in [3.63, 3.8) is 0 Å². The fourth-order valence-electron chi connectivity index (χ4n) is 14.8. The first kappa shape index (κ1) is 79.6. The van der Waals surface area contributed by atoms with E-state index < -0.39 is 195 Å². The molecule has 2 heterocycles. The summed E-state index contributed by atoms with van der Waals surface area (Å²) in [6, 6.07) is -1.79. The van der Waals surface area contributed by atoms with Gasteiger partial charge < -0.3 is 14.5 Å². The van der Waals surface area contributed by atoms with Crippen LogP contribution >= 0.6 is 0 Å². The Balaban J connectivity index is 0.000000246. The van der Waals surface area contributed by atoms with Gasteiger partial charge in [-0.3, -0.25) is 0 Å². The fraction of sp³-hybridized carbons (Fsp3) is 0.457. The van der Waals surface area contributed by atoms with E-state index in [2.05, 4.69) is 100 Å². The minimum absolute atomic E-state index is 0. The SMILES string of the molecule is CC(C)c1cccc(C(C)C)c1N1[C]N(CC[C@@H]2COC(C34CC5CC(CC(C5)C3)C4)=N2)C=C1.FC(F)(F)c1cc([B-](c2cc(C(F)(F)F)cc(C(F)(F)F)c2)(c2cc(C(F)(F)F)cc(C(F)(F)F)c2)c2cc(C(F)(F)F)cc(C(F)(F)F)c2)cc(C(F)(F)F)c1.[CH]1[CH]CC[CH][CH]CC1.[Ir]. The second-order valence-electron chi connectivity index (χ2n) is 26.8. The molecule has 0 spiro atoms. The monoisotopic (exact) mass is 1620 g/mol. The van der Waals surface area contributed by atoms with E-state index in [1.807, 2.05) is 0 Å². The molecular weight excluding hydrogens is 1560 g/mol. The van der Waals surface area contributed by atoms with Crippen molar-refractivity contribution >= 4 is 39.6 Å². The normalized spacial score (nSPS) is 21.6. The van der Waals surface area contributed by atoms with Crippen LogP contribution < -0.4 is 26.8 Å². The van der Waals surface area contributed by atoms with Crippen molar-refractivity contribution in [2.24, 2.45) is 28.2 Å². The quantitative estimate of drug-likeness (QED) is 0.0975. The molecular formula is C70H65BF24IrN3O-. The number of halogens is 24. The van der Waals surface area contributed by atoms with Gasteiger partial charge in [-0.25, -0.2) is 4.99 Å². The van der Waals surface area contributed by atoms with Gasteiger partial charge >= 0.3 is 49.4 Å². The Labute approximate surface area is 575 Å². The second-order valence-corrected chi connectivity index (χ2v) is 26.8. The first-order valence-corrected chi connectivity index (χ1v) is 31.7. The summed E-state index contributed by atoms with van der Waals surface area (Å²) < 4.78 is 347. The van der Waals surface area contributed by atoms with Gasteiger partial charge in [-0.05, 0) is 161 Å². The summed E-state index contributed by atoms with van der Waals surface area (Å²) >= 11 is 0. The Morgan fingerprint density at radius 2 is 0.740 bits per heavy atom. The third-order valence-electron chi connectivity index (χ3n) is 18.9. The van der Waals surface area contributed by atoms with E-state index in [1.54, 1.807) is 0 Å². The van der Waals surface area contributed by atoms with Gasteiger partial charge in [0, 0.05) is 44.5 Å². The Hall–Kier alpha value is -6.06. The number of para-hydroxylation sites is 1. The van der Waals surface area contributed by atoms with Crippen LogP contribution in [0.5, 0.6) is 0 Å². The number of hydrogen-bond donors (Lipinski definition) is 0. The molecule has 0 N–H and O–H groups in total. The van der Waals surface area contributed by atoms with E-state index in [-0.39, 0.29) is 20.1 Å². The molecule has 4 bridgehead atoms. The van der Waals surface area contributed by atoms with Gasteiger partial charge in [-0.2, -0.15) is 127 Å². The average molecular weight is 1620 g/mol. The summed E-state index contributed by atoms with van der Waals surface area (Å²) in [5, 5.41) is 0. The van der Waals surface area contributed by atoms with Gasteiger partial charge in [-0.1, -0.05) is 94.4 Å². The first-order valence-electron chi connectivity index (χ1n) is 31.7. The number of anilines is 1. The maximum atomic E-state index is 14.2. The molecule has 5 saturated carbocycles. The summed E-state index contributed by atoms with van der Waals surface area (Å²) in [5.74, 6) is 4.90. The molecule has 100 heavy (non-hydrogen) atoms. The number of nitrogens with zero attached hydrogens (tertiary/aromatic N) is 3. The zero-order valence-corrected chi connectivity index (χ0v) is 55.9. The number of benzene rings is 5. The zero-order chi connectivity index (χ0) is 73.0. The molecule has 7 radical (unpaired) electrons. The van der Waals surface area contributed by atoms with Crippen LogP contribution in [-0.4, -0.2) is 36.1 Å². The molecule has 0 saturated heterocycles. The van der Waals surface area contributed by atoms with E-state index >= 15 is 0 Å². The van der Waals surface area contributed by atoms with Crippen LogP contribution in [0.3, 0.4) is 0 Å². The fourth-order valence-corrected chi connectivity index (χ4v) is 14.8. The van der Waals surface area contributed by atoms with E-state index in [4.69, 9.17) is 9.73 Å². The second kappa shape index (κ2) is 29.6. The van der Waals surface area contributed by atoms with E-state index in [1.165, 1.54) is 81.0 Å². The number of hydrogen-bond acceptors (Lipinski definition) is 4. The van der Waals surface area contributed by atoms with Crippen molar-refractivity contribution in [2.75, 3.05) is 18.1 Å². The van der Waals surface area contributed by atoms with Gasteiger partial charge in [0.25, 0.3) is 0 Å². The molecule has 5 aromatic carbocycles. The van der Waals surface area contributed by atoms with Gasteiger partial charge in [0.05, 0.1) is 56.2 Å². The Kier molecular flexibility index (Phi) is 23.6. The summed E-state index contributed by atoms with van der Waals surface area (Å²) in [6.45, 7) is 14.4. The van der Waals surface area contributed by atoms with Crippen molar-refractivity contribution in [1.82, 2.24) is 4.90 Å². The van der Waals surface area contributed by atoms with Crippen molar-refractivity contribution in [3.8, 4) is 0 Å². The molecule has 0 amide bonds. The third kappa shape index (κ3) is 18.3. The molecule has 0 aromatic heterocycles. The van der Waals surface area contributed by atoms with E-state index in [0.29, 0.717) is 23.3 Å². The van der Waals surface area contributed by atoms with Gasteiger partial charge in [0.1, 0.15) is 12.8 Å². The van der Waals surface area contributed by atoms with Crippen LogP contribution in [-0.2, 0) is 74.3 Å².